The maximum Gasteiger partial charge on any atom is 0.243 e. The zero-order valence-corrected chi connectivity index (χ0v) is 11.8. The van der Waals surface area contributed by atoms with Crippen LogP contribution in [-0.2, 0) is 11.2 Å². The van der Waals surface area contributed by atoms with Crippen LogP contribution in [0.3, 0.4) is 0 Å². The van der Waals surface area contributed by atoms with Gasteiger partial charge in [0.05, 0.1) is 0 Å². The van der Waals surface area contributed by atoms with Gasteiger partial charge in [0.15, 0.2) is 0 Å². The molecule has 102 valence electrons. The Hall–Kier alpha value is -2.45. The Morgan fingerprint density at radius 3 is 2.80 bits per heavy atom. The van der Waals surface area contributed by atoms with Crippen molar-refractivity contribution in [2.45, 2.75) is 26.2 Å². The predicted molar refractivity (Wildman–Crippen MR) is 82.8 cm³/mol. The van der Waals surface area contributed by atoms with Crippen molar-refractivity contribution in [1.29, 1.82) is 0 Å². The van der Waals surface area contributed by atoms with Crippen LogP contribution in [0.5, 0.6) is 0 Å². The standard InChI is InChI=1S/C18H19NO/c1-2-3-4-5-6-7-11-14-18(20)19-16-15-17-12-9-8-10-13-17/h8-14H,6-7,15-16H2,1H3,(H,19,20). The van der Waals surface area contributed by atoms with Gasteiger partial charge in [-0.1, -0.05) is 48.2 Å². The van der Waals surface area contributed by atoms with Gasteiger partial charge in [-0.05, 0) is 43.2 Å². The maximum atomic E-state index is 11.5. The Morgan fingerprint density at radius 2 is 2.05 bits per heavy atom. The minimum absolute atomic E-state index is 0.0535. The first-order valence-electron chi connectivity index (χ1n) is 6.71. The van der Waals surface area contributed by atoms with E-state index in [1.165, 1.54) is 5.56 Å². The van der Waals surface area contributed by atoms with Crippen LogP contribution in [0.4, 0.5) is 0 Å². The van der Waals surface area contributed by atoms with E-state index in [0.717, 1.165) is 19.3 Å². The van der Waals surface area contributed by atoms with E-state index < -0.39 is 0 Å². The van der Waals surface area contributed by atoms with Crippen LogP contribution in [0.25, 0.3) is 0 Å². The molecular formula is C18H19NO. The molecule has 0 aromatic heterocycles. The smallest absolute Gasteiger partial charge is 0.243 e. The quantitative estimate of drug-likeness (QED) is 0.478. The second-order valence-corrected chi connectivity index (χ2v) is 4.14. The number of hydrogen-bond acceptors (Lipinski definition) is 1. The van der Waals surface area contributed by atoms with Crippen molar-refractivity contribution in [2.75, 3.05) is 6.54 Å². The van der Waals surface area contributed by atoms with Gasteiger partial charge in [-0.2, -0.15) is 0 Å². The van der Waals surface area contributed by atoms with Crippen LogP contribution in [0.15, 0.2) is 42.5 Å². The van der Waals surface area contributed by atoms with Gasteiger partial charge in [0.1, 0.15) is 0 Å². The normalized spacial score (nSPS) is 9.25. The third-order valence-electron chi connectivity index (χ3n) is 2.54. The lowest BCUT2D eigenvalue weighted by atomic mass is 10.1. The molecule has 0 spiro atoms. The van der Waals surface area contributed by atoms with Crippen LogP contribution in [-0.4, -0.2) is 12.5 Å². The summed E-state index contributed by atoms with van der Waals surface area (Å²) in [6, 6.07) is 10.1. The first-order chi connectivity index (χ1) is 9.83. The molecule has 0 aliphatic heterocycles. The second kappa shape index (κ2) is 10.5. The van der Waals surface area contributed by atoms with Crippen molar-refractivity contribution in [3.63, 3.8) is 0 Å². The number of unbranched alkanes of at least 4 members (excludes halogenated alkanes) is 1. The zero-order valence-electron chi connectivity index (χ0n) is 11.8. The summed E-state index contributed by atoms with van der Waals surface area (Å²) in [6.45, 7) is 2.41. The number of benzene rings is 1. The fraction of sp³-hybridized carbons (Fsp3) is 0.278. The molecule has 0 bridgehead atoms. The van der Waals surface area contributed by atoms with E-state index in [0.29, 0.717) is 6.54 Å². The molecule has 20 heavy (non-hydrogen) atoms. The molecule has 2 nitrogen and oxygen atoms in total. The zero-order chi connectivity index (χ0) is 14.5. The summed E-state index contributed by atoms with van der Waals surface area (Å²) >= 11 is 0. The van der Waals surface area contributed by atoms with Crippen molar-refractivity contribution < 1.29 is 4.79 Å². The van der Waals surface area contributed by atoms with Gasteiger partial charge in [0.25, 0.3) is 0 Å². The van der Waals surface area contributed by atoms with E-state index in [9.17, 15) is 4.79 Å². The first kappa shape index (κ1) is 15.6. The fourth-order valence-corrected chi connectivity index (χ4v) is 1.55. The van der Waals surface area contributed by atoms with Crippen LogP contribution < -0.4 is 5.32 Å². The molecule has 2 heteroatoms. The third kappa shape index (κ3) is 7.80. The summed E-state index contributed by atoms with van der Waals surface area (Å²) in [4.78, 5) is 11.5. The second-order valence-electron chi connectivity index (χ2n) is 4.14. The summed E-state index contributed by atoms with van der Waals surface area (Å²) in [5, 5.41) is 2.86. The molecule has 1 N–H and O–H groups in total. The number of amides is 1. The molecule has 0 heterocycles. The van der Waals surface area contributed by atoms with E-state index in [2.05, 4.69) is 41.1 Å². The topological polar surface area (TPSA) is 29.1 Å². The molecule has 1 rings (SSSR count). The summed E-state index contributed by atoms with van der Waals surface area (Å²) in [6.07, 6.45) is 5.75. The average Bonchev–Trinajstić information content (AvgIpc) is 2.47. The highest BCUT2D eigenvalue weighted by atomic mass is 16.1. The summed E-state index contributed by atoms with van der Waals surface area (Å²) in [7, 11) is 0. The lowest BCUT2D eigenvalue weighted by molar-refractivity contribution is -0.116. The van der Waals surface area contributed by atoms with Crippen LogP contribution >= 0.6 is 0 Å². The van der Waals surface area contributed by atoms with Crippen LogP contribution in [0.1, 0.15) is 25.3 Å². The predicted octanol–water partition coefficient (Wildman–Crippen LogP) is 2.71. The number of carbonyl (C=O) groups excluding carboxylic acids is 1. The van der Waals surface area contributed by atoms with Crippen LogP contribution in [0, 0.1) is 23.7 Å². The van der Waals surface area contributed by atoms with Crippen molar-refractivity contribution in [2.24, 2.45) is 0 Å². The third-order valence-corrected chi connectivity index (χ3v) is 2.54. The minimum atomic E-state index is -0.0535. The van der Waals surface area contributed by atoms with E-state index in [4.69, 9.17) is 0 Å². The van der Waals surface area contributed by atoms with E-state index in [1.807, 2.05) is 24.3 Å². The number of nitrogens with one attached hydrogen (secondary N) is 1. The SMILES string of the molecule is CC#CC#CCCC=CC(=O)NCCc1ccccc1. The summed E-state index contributed by atoms with van der Waals surface area (Å²) in [5.41, 5.74) is 1.23. The number of carbonyl (C=O) groups is 1. The molecule has 0 aliphatic rings. The monoisotopic (exact) mass is 265 g/mol. The molecule has 0 aliphatic carbocycles. The lowest BCUT2D eigenvalue weighted by Gasteiger charge is -2.02. The highest BCUT2D eigenvalue weighted by Gasteiger charge is 1.95. The van der Waals surface area contributed by atoms with E-state index in [1.54, 1.807) is 13.0 Å². The van der Waals surface area contributed by atoms with Crippen molar-refractivity contribution in [1.82, 2.24) is 5.32 Å². The molecular weight excluding hydrogens is 246 g/mol. The largest absolute Gasteiger partial charge is 0.352 e. The minimum Gasteiger partial charge on any atom is -0.352 e. The van der Waals surface area contributed by atoms with Crippen LogP contribution in [0.2, 0.25) is 0 Å². The average molecular weight is 265 g/mol. The Morgan fingerprint density at radius 1 is 1.25 bits per heavy atom. The molecule has 0 fully saturated rings. The first-order valence-corrected chi connectivity index (χ1v) is 6.71. The number of allylic oxidation sites excluding steroid dienone is 1. The summed E-state index contributed by atoms with van der Waals surface area (Å²) in [5.74, 6) is 11.0. The molecule has 0 saturated carbocycles. The van der Waals surface area contributed by atoms with E-state index in [-0.39, 0.29) is 5.91 Å². The summed E-state index contributed by atoms with van der Waals surface area (Å²) < 4.78 is 0. The molecule has 1 aromatic carbocycles. The molecule has 0 unspecified atom stereocenters. The highest BCUT2D eigenvalue weighted by molar-refractivity contribution is 5.87. The fourth-order valence-electron chi connectivity index (χ4n) is 1.55. The van der Waals surface area contributed by atoms with Crippen molar-refractivity contribution in [3.8, 4) is 23.7 Å². The lowest BCUT2D eigenvalue weighted by Crippen LogP contribution is -2.23. The molecule has 0 saturated heterocycles. The van der Waals surface area contributed by atoms with Gasteiger partial charge < -0.3 is 5.32 Å². The van der Waals surface area contributed by atoms with Gasteiger partial charge in [0.2, 0.25) is 5.91 Å². The van der Waals surface area contributed by atoms with Gasteiger partial charge in [-0.25, -0.2) is 0 Å². The maximum absolute atomic E-state index is 11.5. The Labute approximate surface area is 121 Å². The van der Waals surface area contributed by atoms with Gasteiger partial charge in [-0.15, -0.1) is 0 Å². The Bertz CT molecular complexity index is 550. The van der Waals surface area contributed by atoms with Gasteiger partial charge in [-0.3, -0.25) is 4.79 Å². The molecule has 0 atom stereocenters. The number of hydrogen-bond donors (Lipinski definition) is 1. The van der Waals surface area contributed by atoms with Crippen molar-refractivity contribution in [3.05, 3.63) is 48.0 Å². The Kier molecular flexibility index (Phi) is 8.17. The molecule has 0 radical (unpaired) electrons. The Balaban J connectivity index is 2.14. The highest BCUT2D eigenvalue weighted by Crippen LogP contribution is 1.98. The molecule has 1 amide bonds. The number of rotatable bonds is 6. The van der Waals surface area contributed by atoms with Crippen molar-refractivity contribution >= 4 is 5.91 Å². The molecule has 1 aromatic rings. The van der Waals surface area contributed by atoms with E-state index >= 15 is 0 Å². The van der Waals surface area contributed by atoms with Gasteiger partial charge in [0, 0.05) is 13.0 Å². The van der Waals surface area contributed by atoms with Gasteiger partial charge >= 0.3 is 0 Å².